The Morgan fingerprint density at radius 3 is 2.60 bits per heavy atom. The Bertz CT molecular complexity index is 754. The molecule has 0 saturated carbocycles. The summed E-state index contributed by atoms with van der Waals surface area (Å²) in [4.78, 5) is 15.6. The van der Waals surface area contributed by atoms with E-state index in [0.717, 1.165) is 51.3 Å². The van der Waals surface area contributed by atoms with Crippen LogP contribution >= 0.6 is 0 Å². The van der Waals surface area contributed by atoms with Gasteiger partial charge in [-0.2, -0.15) is 0 Å². The number of carboxylic acid groups (broad SMARTS) is 1. The predicted octanol–water partition coefficient (Wildman–Crippen LogP) is 2.45. The van der Waals surface area contributed by atoms with Crippen LogP contribution in [0, 0.1) is 5.92 Å². The lowest BCUT2D eigenvalue weighted by atomic mass is 9.96. The summed E-state index contributed by atoms with van der Waals surface area (Å²) >= 11 is 0. The molecule has 3 heterocycles. The number of anilines is 2. The molecular formula is C19H22N4O2. The maximum atomic E-state index is 10.9. The van der Waals surface area contributed by atoms with E-state index in [4.69, 9.17) is 5.11 Å². The van der Waals surface area contributed by atoms with Crippen LogP contribution in [0.5, 0.6) is 0 Å². The lowest BCUT2D eigenvalue weighted by Crippen LogP contribution is -2.39. The number of carboxylic acids is 1. The molecule has 0 spiro atoms. The van der Waals surface area contributed by atoms with Gasteiger partial charge in [0.05, 0.1) is 0 Å². The smallest absolute Gasteiger partial charge is 0.356 e. The third-order valence-corrected chi connectivity index (χ3v) is 5.27. The molecule has 25 heavy (non-hydrogen) atoms. The van der Waals surface area contributed by atoms with Gasteiger partial charge in [-0.15, -0.1) is 10.2 Å². The third kappa shape index (κ3) is 3.29. The largest absolute Gasteiger partial charge is 0.476 e. The van der Waals surface area contributed by atoms with Gasteiger partial charge in [0.2, 0.25) is 0 Å². The normalized spacial score (nSPS) is 17.6. The zero-order chi connectivity index (χ0) is 17.2. The second kappa shape index (κ2) is 6.70. The fraction of sp³-hybridized carbons (Fsp3) is 0.421. The van der Waals surface area contributed by atoms with E-state index in [2.05, 4.69) is 44.3 Å². The van der Waals surface area contributed by atoms with Crippen LogP contribution in [0.2, 0.25) is 0 Å². The number of aromatic nitrogens is 2. The number of para-hydroxylation sites is 1. The first-order valence-corrected chi connectivity index (χ1v) is 8.85. The molecule has 1 aromatic heterocycles. The average molecular weight is 338 g/mol. The van der Waals surface area contributed by atoms with Gasteiger partial charge in [0.25, 0.3) is 0 Å². The Morgan fingerprint density at radius 2 is 1.88 bits per heavy atom. The van der Waals surface area contributed by atoms with E-state index in [-0.39, 0.29) is 5.69 Å². The van der Waals surface area contributed by atoms with Crippen molar-refractivity contribution < 1.29 is 9.90 Å². The molecule has 0 unspecified atom stereocenters. The summed E-state index contributed by atoms with van der Waals surface area (Å²) in [5.74, 6) is 0.423. The summed E-state index contributed by atoms with van der Waals surface area (Å²) in [5, 5.41) is 16.8. The summed E-state index contributed by atoms with van der Waals surface area (Å²) < 4.78 is 0. The van der Waals surface area contributed by atoms with E-state index in [1.807, 2.05) is 0 Å². The van der Waals surface area contributed by atoms with Crippen molar-refractivity contribution in [2.75, 3.05) is 36.0 Å². The minimum atomic E-state index is -1.04. The average Bonchev–Trinajstić information content (AvgIpc) is 3.06. The van der Waals surface area contributed by atoms with Crippen LogP contribution in [0.3, 0.4) is 0 Å². The number of benzene rings is 1. The molecule has 2 aliphatic rings. The third-order valence-electron chi connectivity index (χ3n) is 5.27. The van der Waals surface area contributed by atoms with E-state index in [1.165, 1.54) is 17.3 Å². The van der Waals surface area contributed by atoms with Crippen molar-refractivity contribution in [1.29, 1.82) is 0 Å². The summed E-state index contributed by atoms with van der Waals surface area (Å²) in [6.07, 6.45) is 3.41. The maximum Gasteiger partial charge on any atom is 0.356 e. The van der Waals surface area contributed by atoms with Crippen molar-refractivity contribution in [2.45, 2.75) is 19.3 Å². The highest BCUT2D eigenvalue weighted by Gasteiger charge is 2.25. The summed E-state index contributed by atoms with van der Waals surface area (Å²) in [7, 11) is 0. The van der Waals surface area contributed by atoms with Crippen LogP contribution < -0.4 is 9.80 Å². The first kappa shape index (κ1) is 15.9. The van der Waals surface area contributed by atoms with Gasteiger partial charge < -0.3 is 14.9 Å². The second-order valence-electron chi connectivity index (χ2n) is 6.84. The molecular weight excluding hydrogens is 316 g/mol. The molecule has 0 atom stereocenters. The summed E-state index contributed by atoms with van der Waals surface area (Å²) in [6, 6.07) is 12.0. The summed E-state index contributed by atoms with van der Waals surface area (Å²) in [5.41, 5.74) is 2.86. The predicted molar refractivity (Wildman–Crippen MR) is 96.3 cm³/mol. The fourth-order valence-electron chi connectivity index (χ4n) is 3.86. The van der Waals surface area contributed by atoms with E-state index in [0.29, 0.717) is 5.92 Å². The Balaban J connectivity index is 1.34. The Hall–Kier alpha value is -2.63. The van der Waals surface area contributed by atoms with Crippen LogP contribution in [0.25, 0.3) is 0 Å². The number of hydrogen-bond acceptors (Lipinski definition) is 5. The van der Waals surface area contributed by atoms with Gasteiger partial charge in [0, 0.05) is 31.9 Å². The number of carbonyl (C=O) groups is 1. The molecule has 1 saturated heterocycles. The standard InChI is InChI=1S/C19H22N4O2/c24-19(25)16-5-6-18(21-20-16)22-10-7-14(8-11-22)13-23-12-9-15-3-1-2-4-17(15)23/h1-6,14H,7-13H2,(H,24,25). The molecule has 6 heteroatoms. The van der Waals surface area contributed by atoms with Gasteiger partial charge in [-0.25, -0.2) is 4.79 Å². The van der Waals surface area contributed by atoms with Crippen molar-refractivity contribution in [2.24, 2.45) is 5.92 Å². The van der Waals surface area contributed by atoms with Crippen molar-refractivity contribution in [3.05, 3.63) is 47.7 Å². The van der Waals surface area contributed by atoms with Crippen molar-refractivity contribution in [1.82, 2.24) is 10.2 Å². The van der Waals surface area contributed by atoms with E-state index >= 15 is 0 Å². The van der Waals surface area contributed by atoms with Gasteiger partial charge in [-0.3, -0.25) is 0 Å². The highest BCUT2D eigenvalue weighted by Crippen LogP contribution is 2.30. The SMILES string of the molecule is O=C(O)c1ccc(N2CCC(CN3CCc4ccccc43)CC2)nn1. The molecule has 2 aliphatic heterocycles. The van der Waals surface area contributed by atoms with Gasteiger partial charge in [0.15, 0.2) is 11.5 Å². The highest BCUT2D eigenvalue weighted by atomic mass is 16.4. The van der Waals surface area contributed by atoms with Crippen molar-refractivity contribution in [3.8, 4) is 0 Å². The van der Waals surface area contributed by atoms with Crippen LogP contribution in [-0.4, -0.2) is 47.5 Å². The van der Waals surface area contributed by atoms with Gasteiger partial charge in [0.1, 0.15) is 0 Å². The number of hydrogen-bond donors (Lipinski definition) is 1. The first-order chi connectivity index (χ1) is 12.2. The topological polar surface area (TPSA) is 69.6 Å². The molecule has 0 aliphatic carbocycles. The first-order valence-electron chi connectivity index (χ1n) is 8.85. The van der Waals surface area contributed by atoms with E-state index < -0.39 is 5.97 Å². The van der Waals surface area contributed by atoms with Crippen LogP contribution in [0.1, 0.15) is 28.9 Å². The number of nitrogens with zero attached hydrogens (tertiary/aromatic N) is 4. The maximum absolute atomic E-state index is 10.9. The molecule has 6 nitrogen and oxygen atoms in total. The molecule has 1 aromatic carbocycles. The van der Waals surface area contributed by atoms with Crippen LogP contribution in [0.4, 0.5) is 11.5 Å². The number of aromatic carboxylic acids is 1. The fourth-order valence-corrected chi connectivity index (χ4v) is 3.86. The molecule has 0 radical (unpaired) electrons. The van der Waals surface area contributed by atoms with Crippen molar-refractivity contribution >= 4 is 17.5 Å². The minimum Gasteiger partial charge on any atom is -0.476 e. The second-order valence-corrected chi connectivity index (χ2v) is 6.84. The van der Waals surface area contributed by atoms with Gasteiger partial charge >= 0.3 is 5.97 Å². The molecule has 4 rings (SSSR count). The van der Waals surface area contributed by atoms with Gasteiger partial charge in [-0.05, 0) is 48.9 Å². The molecule has 2 aromatic rings. The quantitative estimate of drug-likeness (QED) is 0.923. The lowest BCUT2D eigenvalue weighted by molar-refractivity contribution is 0.0689. The molecule has 1 N–H and O–H groups in total. The minimum absolute atomic E-state index is 0.00802. The molecule has 130 valence electrons. The zero-order valence-corrected chi connectivity index (χ0v) is 14.1. The van der Waals surface area contributed by atoms with Crippen LogP contribution in [0.15, 0.2) is 36.4 Å². The van der Waals surface area contributed by atoms with Crippen molar-refractivity contribution in [3.63, 3.8) is 0 Å². The summed E-state index contributed by atoms with van der Waals surface area (Å²) in [6.45, 7) is 4.14. The Morgan fingerprint density at radius 1 is 1.08 bits per heavy atom. The molecule has 1 fully saturated rings. The molecule has 0 bridgehead atoms. The Labute approximate surface area is 147 Å². The number of fused-ring (bicyclic) bond motifs is 1. The number of rotatable bonds is 4. The highest BCUT2D eigenvalue weighted by molar-refractivity contribution is 5.85. The lowest BCUT2D eigenvalue weighted by Gasteiger charge is -2.35. The number of piperidine rings is 1. The van der Waals surface area contributed by atoms with Crippen LogP contribution in [-0.2, 0) is 6.42 Å². The Kier molecular flexibility index (Phi) is 4.26. The zero-order valence-electron chi connectivity index (χ0n) is 14.1. The van der Waals surface area contributed by atoms with E-state index in [1.54, 1.807) is 6.07 Å². The van der Waals surface area contributed by atoms with Gasteiger partial charge in [-0.1, -0.05) is 18.2 Å². The monoisotopic (exact) mass is 338 g/mol. The molecule has 0 amide bonds. The van der Waals surface area contributed by atoms with E-state index in [9.17, 15) is 4.79 Å².